The smallest absolute Gasteiger partial charge is 0.243 e. The van der Waals surface area contributed by atoms with E-state index < -0.39 is 6.04 Å². The average Bonchev–Trinajstić information content (AvgIpc) is 3.65. The van der Waals surface area contributed by atoms with E-state index in [1.165, 1.54) is 5.57 Å². The van der Waals surface area contributed by atoms with E-state index in [4.69, 9.17) is 23.2 Å². The molecule has 4 N–H and O–H groups in total. The van der Waals surface area contributed by atoms with Gasteiger partial charge in [-0.1, -0.05) is 53.5 Å². The third-order valence-electron chi connectivity index (χ3n) is 8.02. The Hall–Kier alpha value is -4.55. The molecule has 2 aromatic heterocycles. The van der Waals surface area contributed by atoms with Crippen molar-refractivity contribution in [2.75, 3.05) is 19.6 Å². The van der Waals surface area contributed by atoms with Crippen LogP contribution in [-0.4, -0.2) is 52.4 Å². The maximum atomic E-state index is 13.4. The summed E-state index contributed by atoms with van der Waals surface area (Å²) in [4.78, 5) is 35.3. The molecular formula is C34H30Cl2N6O2. The van der Waals surface area contributed by atoms with Crippen molar-refractivity contribution < 1.29 is 9.59 Å². The Morgan fingerprint density at radius 1 is 0.977 bits per heavy atom. The minimum Gasteiger partial charge on any atom is -0.361 e. The fourth-order valence-electron chi connectivity index (χ4n) is 5.69. The highest BCUT2D eigenvalue weighted by Gasteiger charge is 2.25. The van der Waals surface area contributed by atoms with Crippen LogP contribution >= 0.6 is 23.2 Å². The number of aromatic amines is 2. The van der Waals surface area contributed by atoms with Crippen LogP contribution in [0.4, 0.5) is 0 Å². The molecule has 1 aliphatic heterocycles. The molecule has 0 unspecified atom stereocenters. The molecule has 8 nitrogen and oxygen atoms in total. The quantitative estimate of drug-likeness (QED) is 0.162. The predicted octanol–water partition coefficient (Wildman–Crippen LogP) is 5.96. The highest BCUT2D eigenvalue weighted by Crippen LogP contribution is 2.30. The molecule has 1 atom stereocenters. The fraction of sp³-hybridized carbons (Fsp3) is 0.206. The maximum Gasteiger partial charge on any atom is 0.243 e. The number of rotatable bonds is 9. The van der Waals surface area contributed by atoms with Crippen LogP contribution in [0.5, 0.6) is 0 Å². The first kappa shape index (κ1) is 29.5. The van der Waals surface area contributed by atoms with Crippen LogP contribution in [0.3, 0.4) is 0 Å². The largest absolute Gasteiger partial charge is 0.361 e. The van der Waals surface area contributed by atoms with Gasteiger partial charge in [0, 0.05) is 65.8 Å². The van der Waals surface area contributed by atoms with E-state index >= 15 is 0 Å². The van der Waals surface area contributed by atoms with Crippen molar-refractivity contribution in [1.29, 1.82) is 5.26 Å². The van der Waals surface area contributed by atoms with Crippen LogP contribution in [0.2, 0.25) is 10.0 Å². The molecule has 0 saturated heterocycles. The molecule has 3 heterocycles. The number of benzene rings is 3. The van der Waals surface area contributed by atoms with E-state index in [1.54, 1.807) is 24.3 Å². The van der Waals surface area contributed by atoms with Gasteiger partial charge in [0.15, 0.2) is 0 Å². The monoisotopic (exact) mass is 624 g/mol. The number of carbonyl (C=O) groups is 2. The molecule has 222 valence electrons. The highest BCUT2D eigenvalue weighted by molar-refractivity contribution is 6.42. The molecule has 44 heavy (non-hydrogen) atoms. The van der Waals surface area contributed by atoms with Gasteiger partial charge in [0.25, 0.3) is 0 Å². The Labute approximate surface area is 264 Å². The van der Waals surface area contributed by atoms with E-state index in [0.29, 0.717) is 35.1 Å². The zero-order valence-corrected chi connectivity index (χ0v) is 25.3. The SMILES string of the molecule is N#Cc1ccc2[nH]cc(C3=CCN(CC(=O)N[C@H](Cc4c[nH]c5ccccc45)C(=O)NCc4ccc(Cl)c(Cl)c4)CC3)c2c1. The number of carbonyl (C=O) groups excluding carboxylic acids is 2. The van der Waals surface area contributed by atoms with Crippen LogP contribution in [0.1, 0.15) is 28.7 Å². The fourth-order valence-corrected chi connectivity index (χ4v) is 6.01. The second kappa shape index (κ2) is 13.0. The molecule has 1 aliphatic rings. The lowest BCUT2D eigenvalue weighted by Crippen LogP contribution is -2.50. The molecule has 0 saturated carbocycles. The first-order valence-corrected chi connectivity index (χ1v) is 15.1. The number of nitriles is 1. The molecule has 5 aromatic rings. The van der Waals surface area contributed by atoms with Gasteiger partial charge in [-0.05, 0) is 59.5 Å². The molecule has 0 spiro atoms. The van der Waals surface area contributed by atoms with Crippen molar-refractivity contribution in [1.82, 2.24) is 25.5 Å². The summed E-state index contributed by atoms with van der Waals surface area (Å²) in [6.45, 7) is 1.71. The van der Waals surface area contributed by atoms with Crippen LogP contribution in [0, 0.1) is 11.3 Å². The van der Waals surface area contributed by atoms with Gasteiger partial charge in [0.1, 0.15) is 6.04 Å². The number of amides is 2. The molecule has 0 radical (unpaired) electrons. The van der Waals surface area contributed by atoms with Crippen molar-refractivity contribution in [2.24, 2.45) is 0 Å². The summed E-state index contributed by atoms with van der Waals surface area (Å²) in [5, 5.41) is 18.1. The van der Waals surface area contributed by atoms with E-state index in [1.807, 2.05) is 48.8 Å². The summed E-state index contributed by atoms with van der Waals surface area (Å²) in [6.07, 6.45) is 7.09. The number of nitrogens with zero attached hydrogens (tertiary/aromatic N) is 2. The lowest BCUT2D eigenvalue weighted by molar-refractivity contribution is -0.129. The number of para-hydroxylation sites is 1. The van der Waals surface area contributed by atoms with Crippen molar-refractivity contribution in [3.8, 4) is 6.07 Å². The number of nitrogens with one attached hydrogen (secondary N) is 4. The topological polar surface area (TPSA) is 117 Å². The van der Waals surface area contributed by atoms with Crippen LogP contribution in [0.25, 0.3) is 27.4 Å². The van der Waals surface area contributed by atoms with Crippen molar-refractivity contribution in [3.63, 3.8) is 0 Å². The van der Waals surface area contributed by atoms with Gasteiger partial charge >= 0.3 is 0 Å². The number of hydrogen-bond acceptors (Lipinski definition) is 4. The summed E-state index contributed by atoms with van der Waals surface area (Å²) in [6, 6.07) is 20.2. The van der Waals surface area contributed by atoms with E-state index in [9.17, 15) is 14.9 Å². The summed E-state index contributed by atoms with van der Waals surface area (Å²) < 4.78 is 0. The Balaban J connectivity index is 1.13. The highest BCUT2D eigenvalue weighted by atomic mass is 35.5. The predicted molar refractivity (Wildman–Crippen MR) is 174 cm³/mol. The van der Waals surface area contributed by atoms with E-state index in [2.05, 4.69) is 37.6 Å². The van der Waals surface area contributed by atoms with E-state index in [-0.39, 0.29) is 24.9 Å². The third-order valence-corrected chi connectivity index (χ3v) is 8.76. The summed E-state index contributed by atoms with van der Waals surface area (Å²) >= 11 is 12.2. The Kier molecular flexibility index (Phi) is 8.71. The first-order chi connectivity index (χ1) is 21.4. The van der Waals surface area contributed by atoms with Crippen molar-refractivity contribution in [3.05, 3.63) is 111 Å². The second-order valence-corrected chi connectivity index (χ2v) is 11.8. The molecular weight excluding hydrogens is 595 g/mol. The van der Waals surface area contributed by atoms with Gasteiger partial charge < -0.3 is 20.6 Å². The number of aromatic nitrogens is 2. The van der Waals surface area contributed by atoms with Gasteiger partial charge in [0.2, 0.25) is 11.8 Å². The zero-order valence-electron chi connectivity index (χ0n) is 23.8. The van der Waals surface area contributed by atoms with Crippen LogP contribution in [0.15, 0.2) is 79.1 Å². The van der Waals surface area contributed by atoms with Gasteiger partial charge in [-0.3, -0.25) is 14.5 Å². The van der Waals surface area contributed by atoms with Gasteiger partial charge in [0.05, 0.1) is 28.2 Å². The normalized spacial score (nSPS) is 14.2. The molecule has 0 bridgehead atoms. The molecule has 3 aromatic carbocycles. The maximum absolute atomic E-state index is 13.4. The minimum absolute atomic E-state index is 0.167. The number of halogens is 2. The van der Waals surface area contributed by atoms with Crippen LogP contribution in [-0.2, 0) is 22.6 Å². The minimum atomic E-state index is -0.777. The zero-order chi connectivity index (χ0) is 30.6. The summed E-state index contributed by atoms with van der Waals surface area (Å²) in [7, 11) is 0. The number of H-pyrrole nitrogens is 2. The van der Waals surface area contributed by atoms with E-state index in [0.717, 1.165) is 44.9 Å². The van der Waals surface area contributed by atoms with Gasteiger partial charge in [-0.15, -0.1) is 0 Å². The lowest BCUT2D eigenvalue weighted by Gasteiger charge is -2.27. The number of hydrogen-bond donors (Lipinski definition) is 4. The molecule has 6 rings (SSSR count). The Morgan fingerprint density at radius 2 is 1.80 bits per heavy atom. The van der Waals surface area contributed by atoms with Crippen LogP contribution < -0.4 is 10.6 Å². The summed E-state index contributed by atoms with van der Waals surface area (Å²) in [5.74, 6) is -0.506. The third kappa shape index (κ3) is 6.51. The van der Waals surface area contributed by atoms with Gasteiger partial charge in [-0.25, -0.2) is 0 Å². The molecule has 2 amide bonds. The Morgan fingerprint density at radius 3 is 2.59 bits per heavy atom. The second-order valence-electron chi connectivity index (χ2n) is 10.9. The molecule has 10 heteroatoms. The van der Waals surface area contributed by atoms with Crippen molar-refractivity contribution >= 4 is 62.4 Å². The molecule has 0 fully saturated rings. The standard InChI is InChI=1S/C34H30Cl2N6O2/c35-28-7-5-22(14-29(28)36)17-40-34(44)32(15-24-18-38-30-4-2-1-3-25(24)30)41-33(43)20-42-11-9-23(10-12-42)27-19-39-31-8-6-21(16-37)13-26(27)31/h1-9,13-14,18-19,32,38-39H,10-12,15,17,20H2,(H,40,44)(H,41,43)/t32-/m1/s1. The Bertz CT molecular complexity index is 1940. The van der Waals surface area contributed by atoms with Crippen molar-refractivity contribution in [2.45, 2.75) is 25.4 Å². The average molecular weight is 626 g/mol. The lowest BCUT2D eigenvalue weighted by atomic mass is 9.98. The number of fused-ring (bicyclic) bond motifs is 2. The van der Waals surface area contributed by atoms with Gasteiger partial charge in [-0.2, -0.15) is 5.26 Å². The first-order valence-electron chi connectivity index (χ1n) is 14.4. The molecule has 0 aliphatic carbocycles. The summed E-state index contributed by atoms with van der Waals surface area (Å²) in [5.41, 5.74) is 6.59.